The number of carbonyl (C=O) groups excluding carboxylic acids is 2. The van der Waals surface area contributed by atoms with Crippen LogP contribution in [0.1, 0.15) is 19.4 Å². The van der Waals surface area contributed by atoms with Gasteiger partial charge in [-0.3, -0.25) is 0 Å². The van der Waals surface area contributed by atoms with E-state index in [2.05, 4.69) is 13.2 Å². The summed E-state index contributed by atoms with van der Waals surface area (Å²) in [5, 5.41) is 0. The number of hydrogen-bond acceptors (Lipinski definition) is 4. The summed E-state index contributed by atoms with van der Waals surface area (Å²) in [5.74, 6) is -0.383. The van der Waals surface area contributed by atoms with Crippen molar-refractivity contribution in [1.29, 1.82) is 0 Å². The predicted molar refractivity (Wildman–Crippen MR) is 76.4 cm³/mol. The highest BCUT2D eigenvalue weighted by molar-refractivity contribution is 5.88. The Morgan fingerprint density at radius 3 is 2.05 bits per heavy atom. The molecule has 20 heavy (non-hydrogen) atoms. The second-order valence-corrected chi connectivity index (χ2v) is 4.48. The van der Waals surface area contributed by atoms with Crippen LogP contribution in [0.5, 0.6) is 5.75 Å². The summed E-state index contributed by atoms with van der Waals surface area (Å²) in [6.07, 6.45) is 0.591. The number of hydrogen-bond donors (Lipinski definition) is 0. The molecule has 0 unspecified atom stereocenters. The number of esters is 2. The van der Waals surface area contributed by atoms with E-state index < -0.39 is 11.9 Å². The van der Waals surface area contributed by atoms with Gasteiger partial charge in [0.1, 0.15) is 5.75 Å². The maximum absolute atomic E-state index is 11.3. The Labute approximate surface area is 118 Å². The van der Waals surface area contributed by atoms with Crippen LogP contribution in [0, 0.1) is 0 Å². The fourth-order valence-electron chi connectivity index (χ4n) is 1.30. The molecule has 0 amide bonds. The minimum absolute atomic E-state index is 0.288. The minimum Gasteiger partial charge on any atom is -0.462 e. The summed E-state index contributed by atoms with van der Waals surface area (Å²) < 4.78 is 10.1. The molecule has 0 spiro atoms. The van der Waals surface area contributed by atoms with E-state index in [9.17, 15) is 9.59 Å². The molecule has 1 rings (SSSR count). The van der Waals surface area contributed by atoms with Gasteiger partial charge in [0.05, 0.1) is 6.61 Å². The molecular weight excluding hydrogens is 256 g/mol. The van der Waals surface area contributed by atoms with E-state index in [0.717, 1.165) is 5.56 Å². The van der Waals surface area contributed by atoms with Gasteiger partial charge in [-0.1, -0.05) is 25.3 Å². The molecule has 0 heterocycles. The summed E-state index contributed by atoms with van der Waals surface area (Å²) in [6, 6.07) is 7.01. The highest BCUT2D eigenvalue weighted by atomic mass is 16.5. The van der Waals surface area contributed by atoms with Crippen molar-refractivity contribution in [3.63, 3.8) is 0 Å². The van der Waals surface area contributed by atoms with Crippen molar-refractivity contribution in [2.75, 3.05) is 6.61 Å². The Balaban J connectivity index is 2.47. The molecule has 1 aromatic carbocycles. The maximum Gasteiger partial charge on any atom is 0.338 e. The van der Waals surface area contributed by atoms with Crippen molar-refractivity contribution < 1.29 is 19.1 Å². The lowest BCUT2D eigenvalue weighted by atomic mass is 10.1. The van der Waals surface area contributed by atoms with Crippen LogP contribution in [-0.4, -0.2) is 18.5 Å². The molecule has 0 bridgehead atoms. The highest BCUT2D eigenvalue weighted by Gasteiger charge is 2.06. The topological polar surface area (TPSA) is 52.6 Å². The van der Waals surface area contributed by atoms with Crippen LogP contribution < -0.4 is 4.74 Å². The summed E-state index contributed by atoms with van der Waals surface area (Å²) in [4.78, 5) is 22.5. The van der Waals surface area contributed by atoms with Gasteiger partial charge in [0, 0.05) is 17.6 Å². The molecule has 0 aliphatic heterocycles. The first kappa shape index (κ1) is 15.7. The SMILES string of the molecule is C=C(C)C(=O)OCCc1ccc(OC(=O)C(=C)C)cc1. The fourth-order valence-corrected chi connectivity index (χ4v) is 1.30. The first-order chi connectivity index (χ1) is 9.40. The van der Waals surface area contributed by atoms with Crippen LogP contribution in [0.4, 0.5) is 0 Å². The zero-order chi connectivity index (χ0) is 15.1. The van der Waals surface area contributed by atoms with E-state index in [1.807, 2.05) is 12.1 Å². The molecule has 0 fully saturated rings. The molecule has 0 N–H and O–H groups in total. The third-order valence-corrected chi connectivity index (χ3v) is 2.45. The zero-order valence-corrected chi connectivity index (χ0v) is 11.8. The Bertz CT molecular complexity index is 526. The second-order valence-electron chi connectivity index (χ2n) is 4.48. The van der Waals surface area contributed by atoms with Crippen molar-refractivity contribution in [1.82, 2.24) is 0 Å². The lowest BCUT2D eigenvalue weighted by Crippen LogP contribution is -2.09. The summed E-state index contributed by atoms with van der Waals surface area (Å²) in [7, 11) is 0. The van der Waals surface area contributed by atoms with Crippen molar-refractivity contribution in [3.8, 4) is 5.75 Å². The third-order valence-electron chi connectivity index (χ3n) is 2.45. The van der Waals surface area contributed by atoms with Gasteiger partial charge in [0.2, 0.25) is 0 Å². The van der Waals surface area contributed by atoms with Crippen molar-refractivity contribution in [3.05, 3.63) is 54.1 Å². The van der Waals surface area contributed by atoms with Crippen LogP contribution in [0.25, 0.3) is 0 Å². The number of ether oxygens (including phenoxy) is 2. The third kappa shape index (κ3) is 5.10. The largest absolute Gasteiger partial charge is 0.462 e. The summed E-state index contributed by atoms with van der Waals surface area (Å²) >= 11 is 0. The molecule has 0 saturated heterocycles. The molecular formula is C16H18O4. The van der Waals surface area contributed by atoms with Crippen LogP contribution >= 0.6 is 0 Å². The Hall–Kier alpha value is -2.36. The molecule has 1 aromatic rings. The first-order valence-electron chi connectivity index (χ1n) is 6.19. The molecule has 0 aliphatic carbocycles. The van der Waals surface area contributed by atoms with E-state index in [-0.39, 0.29) is 6.61 Å². The van der Waals surface area contributed by atoms with Gasteiger partial charge in [0.25, 0.3) is 0 Å². The van der Waals surface area contributed by atoms with Gasteiger partial charge in [-0.25, -0.2) is 9.59 Å². The number of benzene rings is 1. The number of rotatable bonds is 6. The fraction of sp³-hybridized carbons (Fsp3) is 0.250. The van der Waals surface area contributed by atoms with Crippen LogP contribution in [0.2, 0.25) is 0 Å². The highest BCUT2D eigenvalue weighted by Crippen LogP contribution is 2.14. The van der Waals surface area contributed by atoms with Crippen LogP contribution in [0.3, 0.4) is 0 Å². The standard InChI is InChI=1S/C16H18O4/c1-11(2)15(17)19-10-9-13-5-7-14(8-6-13)20-16(18)12(3)4/h5-8H,1,3,9-10H2,2,4H3. The molecule has 0 saturated carbocycles. The molecule has 0 aliphatic rings. The summed E-state index contributed by atoms with van der Waals surface area (Å²) in [5.41, 5.74) is 1.71. The molecule has 4 heteroatoms. The molecule has 106 valence electrons. The number of carbonyl (C=O) groups is 2. The van der Waals surface area contributed by atoms with Gasteiger partial charge in [-0.05, 0) is 31.5 Å². The average molecular weight is 274 g/mol. The van der Waals surface area contributed by atoms with E-state index >= 15 is 0 Å². The Morgan fingerprint density at radius 2 is 1.55 bits per heavy atom. The normalized spacial score (nSPS) is 9.70. The van der Waals surface area contributed by atoms with Gasteiger partial charge in [-0.15, -0.1) is 0 Å². The molecule has 0 radical (unpaired) electrons. The van der Waals surface area contributed by atoms with Gasteiger partial charge >= 0.3 is 11.9 Å². The lowest BCUT2D eigenvalue weighted by Gasteiger charge is -2.06. The smallest absolute Gasteiger partial charge is 0.338 e. The minimum atomic E-state index is -0.451. The zero-order valence-electron chi connectivity index (χ0n) is 11.8. The van der Waals surface area contributed by atoms with Crippen molar-refractivity contribution in [2.24, 2.45) is 0 Å². The Kier molecular flexibility index (Phi) is 5.72. The maximum atomic E-state index is 11.3. The van der Waals surface area contributed by atoms with Crippen LogP contribution in [-0.2, 0) is 20.7 Å². The predicted octanol–water partition coefficient (Wildman–Crippen LogP) is 2.83. The van der Waals surface area contributed by atoms with E-state index in [1.165, 1.54) is 0 Å². The average Bonchev–Trinajstić information content (AvgIpc) is 2.40. The van der Waals surface area contributed by atoms with Gasteiger partial charge < -0.3 is 9.47 Å². The molecule has 0 atom stereocenters. The van der Waals surface area contributed by atoms with Gasteiger partial charge in [-0.2, -0.15) is 0 Å². The monoisotopic (exact) mass is 274 g/mol. The van der Waals surface area contributed by atoms with Crippen molar-refractivity contribution >= 4 is 11.9 Å². The van der Waals surface area contributed by atoms with Crippen molar-refractivity contribution in [2.45, 2.75) is 20.3 Å². The van der Waals surface area contributed by atoms with E-state index in [4.69, 9.17) is 9.47 Å². The first-order valence-corrected chi connectivity index (χ1v) is 6.19. The summed E-state index contributed by atoms with van der Waals surface area (Å²) in [6.45, 7) is 10.5. The lowest BCUT2D eigenvalue weighted by molar-refractivity contribution is -0.138. The Morgan fingerprint density at radius 1 is 1.00 bits per heavy atom. The molecule has 0 aromatic heterocycles. The van der Waals surface area contributed by atoms with Gasteiger partial charge in [0.15, 0.2) is 0 Å². The van der Waals surface area contributed by atoms with E-state index in [1.54, 1.807) is 26.0 Å². The van der Waals surface area contributed by atoms with Crippen LogP contribution in [0.15, 0.2) is 48.6 Å². The second kappa shape index (κ2) is 7.28. The molecule has 4 nitrogen and oxygen atoms in total. The quantitative estimate of drug-likeness (QED) is 0.455. The van der Waals surface area contributed by atoms with E-state index in [0.29, 0.717) is 23.3 Å².